The Labute approximate surface area is 127 Å². The zero-order valence-electron chi connectivity index (χ0n) is 10.7. The fraction of sp³-hybridized carbons (Fsp3) is 0.385. The molecule has 0 saturated carbocycles. The minimum atomic E-state index is -4.63. The van der Waals surface area contributed by atoms with Crippen molar-refractivity contribution in [3.05, 3.63) is 33.8 Å². The molecule has 0 spiro atoms. The van der Waals surface area contributed by atoms with Gasteiger partial charge in [0.1, 0.15) is 6.04 Å². The van der Waals surface area contributed by atoms with Gasteiger partial charge in [0.05, 0.1) is 17.2 Å². The maximum absolute atomic E-state index is 13.1. The maximum atomic E-state index is 13.1. The van der Waals surface area contributed by atoms with Crippen LogP contribution in [0.1, 0.15) is 15.9 Å². The van der Waals surface area contributed by atoms with Crippen molar-refractivity contribution in [3.8, 4) is 6.07 Å². The average Bonchev–Trinajstić information content (AvgIpc) is 2.45. The van der Waals surface area contributed by atoms with Crippen LogP contribution in [-0.4, -0.2) is 36.5 Å². The molecule has 1 aromatic carbocycles. The summed E-state index contributed by atoms with van der Waals surface area (Å²) >= 11 is 2.97. The molecule has 1 saturated heterocycles. The van der Waals surface area contributed by atoms with E-state index in [0.717, 1.165) is 12.1 Å². The van der Waals surface area contributed by atoms with Gasteiger partial charge >= 0.3 is 6.18 Å². The second-order valence-corrected chi connectivity index (χ2v) is 5.45. The summed E-state index contributed by atoms with van der Waals surface area (Å²) < 4.78 is 39.4. The molecule has 1 heterocycles. The highest BCUT2D eigenvalue weighted by atomic mass is 79.9. The lowest BCUT2D eigenvalue weighted by Crippen LogP contribution is -2.53. The van der Waals surface area contributed by atoms with Crippen LogP contribution in [0.5, 0.6) is 0 Å². The predicted molar refractivity (Wildman–Crippen MR) is 72.5 cm³/mol. The highest BCUT2D eigenvalue weighted by Crippen LogP contribution is 2.34. The summed E-state index contributed by atoms with van der Waals surface area (Å²) in [5.74, 6) is -0.775. The van der Waals surface area contributed by atoms with Gasteiger partial charge in [-0.3, -0.25) is 4.79 Å². The van der Waals surface area contributed by atoms with Crippen LogP contribution in [0.2, 0.25) is 0 Å². The highest BCUT2D eigenvalue weighted by molar-refractivity contribution is 9.10. The van der Waals surface area contributed by atoms with Crippen molar-refractivity contribution < 1.29 is 18.0 Å². The van der Waals surface area contributed by atoms with Gasteiger partial charge < -0.3 is 10.2 Å². The number of hydrogen-bond acceptors (Lipinski definition) is 3. The largest absolute Gasteiger partial charge is 0.417 e. The molecule has 1 aliphatic rings. The number of rotatable bonds is 1. The Bertz CT molecular complexity index is 597. The number of alkyl halides is 3. The Hall–Kier alpha value is -1.59. The standard InChI is InChI=1S/C13H11BrF3N3O/c14-8-1-2-10(11(5-8)13(15,16)17)12(21)20-4-3-19-7-9(20)6-18/h1-2,5,9,19H,3-4,7H2. The molecule has 4 nitrogen and oxygen atoms in total. The van der Waals surface area contributed by atoms with Gasteiger partial charge in [-0.1, -0.05) is 15.9 Å². The molecule has 0 aliphatic carbocycles. The first kappa shape index (κ1) is 15.8. The van der Waals surface area contributed by atoms with Crippen molar-refractivity contribution >= 4 is 21.8 Å². The van der Waals surface area contributed by atoms with E-state index in [1.165, 1.54) is 11.0 Å². The fourth-order valence-electron chi connectivity index (χ4n) is 2.15. The Morgan fingerprint density at radius 1 is 1.48 bits per heavy atom. The normalized spacial score (nSPS) is 19.2. The van der Waals surface area contributed by atoms with Gasteiger partial charge in [-0.05, 0) is 18.2 Å². The van der Waals surface area contributed by atoms with E-state index in [1.807, 2.05) is 6.07 Å². The number of nitrogens with one attached hydrogen (secondary N) is 1. The third kappa shape index (κ3) is 3.36. The summed E-state index contributed by atoms with van der Waals surface area (Å²) in [5, 5.41) is 11.9. The molecule has 1 aliphatic heterocycles. The number of hydrogen-bond donors (Lipinski definition) is 1. The molecule has 0 bridgehead atoms. The van der Waals surface area contributed by atoms with Crippen LogP contribution in [0, 0.1) is 11.3 Å². The van der Waals surface area contributed by atoms with Crippen molar-refractivity contribution in [1.82, 2.24) is 10.2 Å². The fourth-order valence-corrected chi connectivity index (χ4v) is 2.52. The molecule has 1 N–H and O–H groups in total. The molecule has 112 valence electrons. The number of nitriles is 1. The Morgan fingerprint density at radius 2 is 2.19 bits per heavy atom. The van der Waals surface area contributed by atoms with Gasteiger partial charge in [0.25, 0.3) is 5.91 Å². The number of carbonyl (C=O) groups is 1. The smallest absolute Gasteiger partial charge is 0.320 e. The van der Waals surface area contributed by atoms with Crippen molar-refractivity contribution in [2.45, 2.75) is 12.2 Å². The van der Waals surface area contributed by atoms with Gasteiger partial charge in [-0.25, -0.2) is 0 Å². The second kappa shape index (κ2) is 6.03. The quantitative estimate of drug-likeness (QED) is 0.835. The first-order chi connectivity index (χ1) is 9.84. The van der Waals surface area contributed by atoms with Crippen LogP contribution < -0.4 is 5.32 Å². The molecule has 1 amide bonds. The van der Waals surface area contributed by atoms with E-state index in [1.54, 1.807) is 0 Å². The Balaban J connectivity index is 2.42. The van der Waals surface area contributed by atoms with Gasteiger partial charge in [0, 0.05) is 24.1 Å². The predicted octanol–water partition coefficient (Wildman–Crippen LogP) is 2.41. The summed E-state index contributed by atoms with van der Waals surface area (Å²) in [6, 6.07) is 4.54. The number of piperazine rings is 1. The average molecular weight is 362 g/mol. The van der Waals surface area contributed by atoms with Crippen LogP contribution in [0.15, 0.2) is 22.7 Å². The summed E-state index contributed by atoms with van der Waals surface area (Å²) in [6.07, 6.45) is -4.63. The van der Waals surface area contributed by atoms with E-state index >= 15 is 0 Å². The van der Waals surface area contributed by atoms with Crippen molar-refractivity contribution in [2.75, 3.05) is 19.6 Å². The molecule has 21 heavy (non-hydrogen) atoms. The Morgan fingerprint density at radius 3 is 2.81 bits per heavy atom. The zero-order chi connectivity index (χ0) is 15.6. The first-order valence-electron chi connectivity index (χ1n) is 6.12. The molecule has 0 aromatic heterocycles. The van der Waals surface area contributed by atoms with Crippen LogP contribution >= 0.6 is 15.9 Å². The van der Waals surface area contributed by atoms with Gasteiger partial charge in [0.2, 0.25) is 0 Å². The zero-order valence-corrected chi connectivity index (χ0v) is 12.3. The van der Waals surface area contributed by atoms with E-state index in [2.05, 4.69) is 21.2 Å². The number of amides is 1. The molecule has 1 unspecified atom stereocenters. The molecule has 0 radical (unpaired) electrons. The van der Waals surface area contributed by atoms with E-state index in [4.69, 9.17) is 5.26 Å². The number of nitrogens with zero attached hydrogens (tertiary/aromatic N) is 2. The summed E-state index contributed by atoms with van der Waals surface area (Å²) in [7, 11) is 0. The van der Waals surface area contributed by atoms with Gasteiger partial charge in [0.15, 0.2) is 0 Å². The van der Waals surface area contributed by atoms with Crippen molar-refractivity contribution in [1.29, 1.82) is 5.26 Å². The van der Waals surface area contributed by atoms with E-state index < -0.39 is 29.3 Å². The van der Waals surface area contributed by atoms with Gasteiger partial charge in [-0.15, -0.1) is 0 Å². The molecule has 1 atom stereocenters. The lowest BCUT2D eigenvalue weighted by molar-refractivity contribution is -0.138. The SMILES string of the molecule is N#CC1CNCCN1C(=O)c1ccc(Br)cc1C(F)(F)F. The maximum Gasteiger partial charge on any atom is 0.417 e. The van der Waals surface area contributed by atoms with Crippen LogP contribution in [0.25, 0.3) is 0 Å². The third-order valence-electron chi connectivity index (χ3n) is 3.17. The van der Waals surface area contributed by atoms with E-state index in [9.17, 15) is 18.0 Å². The molecule has 8 heteroatoms. The van der Waals surface area contributed by atoms with E-state index in [-0.39, 0.29) is 17.6 Å². The summed E-state index contributed by atoms with van der Waals surface area (Å²) in [6.45, 7) is 0.895. The topological polar surface area (TPSA) is 56.1 Å². The lowest BCUT2D eigenvalue weighted by Gasteiger charge is -2.32. The minimum Gasteiger partial charge on any atom is -0.320 e. The highest BCUT2D eigenvalue weighted by Gasteiger charge is 2.38. The summed E-state index contributed by atoms with van der Waals surface area (Å²) in [5.41, 5.74) is -1.44. The van der Waals surface area contributed by atoms with Crippen LogP contribution in [0.3, 0.4) is 0 Å². The Kier molecular flexibility index (Phi) is 4.54. The molecule has 1 aromatic rings. The van der Waals surface area contributed by atoms with E-state index in [0.29, 0.717) is 6.54 Å². The minimum absolute atomic E-state index is 0.199. The lowest BCUT2D eigenvalue weighted by atomic mass is 10.0. The third-order valence-corrected chi connectivity index (χ3v) is 3.66. The van der Waals surface area contributed by atoms with Gasteiger partial charge in [-0.2, -0.15) is 18.4 Å². The number of benzene rings is 1. The van der Waals surface area contributed by atoms with Crippen LogP contribution in [-0.2, 0) is 6.18 Å². The number of halogens is 4. The van der Waals surface area contributed by atoms with Crippen molar-refractivity contribution in [3.63, 3.8) is 0 Å². The molecular formula is C13H11BrF3N3O. The molecule has 1 fully saturated rings. The first-order valence-corrected chi connectivity index (χ1v) is 6.92. The molecular weight excluding hydrogens is 351 g/mol. The number of carbonyl (C=O) groups excluding carboxylic acids is 1. The van der Waals surface area contributed by atoms with Crippen molar-refractivity contribution in [2.24, 2.45) is 0 Å². The monoisotopic (exact) mass is 361 g/mol. The summed E-state index contributed by atoms with van der Waals surface area (Å²) in [4.78, 5) is 13.6. The van der Waals surface area contributed by atoms with Crippen LogP contribution in [0.4, 0.5) is 13.2 Å². The molecule has 2 rings (SSSR count). The second-order valence-electron chi connectivity index (χ2n) is 4.54.